The van der Waals surface area contributed by atoms with E-state index in [9.17, 15) is 4.79 Å². The van der Waals surface area contributed by atoms with Crippen molar-refractivity contribution >= 4 is 17.3 Å². The van der Waals surface area contributed by atoms with Gasteiger partial charge in [0.25, 0.3) is 5.89 Å². The van der Waals surface area contributed by atoms with Crippen LogP contribution in [-0.2, 0) is 29.0 Å². The minimum Gasteiger partial charge on any atom is -0.455 e. The van der Waals surface area contributed by atoms with Gasteiger partial charge in [0.2, 0.25) is 0 Å². The van der Waals surface area contributed by atoms with E-state index in [1.165, 1.54) is 11.3 Å². The molecule has 0 bridgehead atoms. The lowest BCUT2D eigenvalue weighted by Gasteiger charge is -2.00. The highest BCUT2D eigenvalue weighted by Gasteiger charge is 2.13. The molecule has 3 aromatic rings. The molecule has 25 heavy (non-hydrogen) atoms. The first-order chi connectivity index (χ1) is 12.1. The fraction of sp³-hybridized carbons (Fsp3) is 0.353. The van der Waals surface area contributed by atoms with Crippen LogP contribution in [0.1, 0.15) is 31.3 Å². The van der Waals surface area contributed by atoms with Crippen LogP contribution >= 0.6 is 11.3 Å². The summed E-state index contributed by atoms with van der Waals surface area (Å²) in [5.41, 5.74) is 1.44. The van der Waals surface area contributed by atoms with Crippen LogP contribution in [0, 0.1) is 5.92 Å². The van der Waals surface area contributed by atoms with Crippen LogP contribution in [-0.4, -0.2) is 26.1 Å². The van der Waals surface area contributed by atoms with E-state index >= 15 is 0 Å². The van der Waals surface area contributed by atoms with Gasteiger partial charge in [-0.1, -0.05) is 25.1 Å². The van der Waals surface area contributed by atoms with E-state index in [1.807, 2.05) is 23.6 Å². The smallest absolute Gasteiger partial charge is 0.312 e. The van der Waals surface area contributed by atoms with Crippen molar-refractivity contribution in [2.24, 2.45) is 5.92 Å². The number of hydrogen-bond acceptors (Lipinski definition) is 8. The van der Waals surface area contributed by atoms with Crippen molar-refractivity contribution in [1.82, 2.24) is 20.1 Å². The van der Waals surface area contributed by atoms with E-state index in [4.69, 9.17) is 9.26 Å². The van der Waals surface area contributed by atoms with Crippen LogP contribution in [0.2, 0.25) is 0 Å². The average molecular weight is 358 g/mol. The Labute approximate surface area is 149 Å². The molecule has 0 fully saturated rings. The van der Waals surface area contributed by atoms with Crippen molar-refractivity contribution < 1.29 is 14.1 Å². The topological polar surface area (TPSA) is 91.0 Å². The number of pyridine rings is 1. The molecule has 0 aromatic carbocycles. The normalized spacial score (nSPS) is 11.0. The Kier molecular flexibility index (Phi) is 5.49. The van der Waals surface area contributed by atoms with E-state index in [0.29, 0.717) is 23.3 Å². The molecule has 0 N–H and O–H groups in total. The molecule has 0 radical (unpaired) electrons. The Bertz CT molecular complexity index is 829. The number of rotatable bonds is 7. The van der Waals surface area contributed by atoms with E-state index in [-0.39, 0.29) is 19.0 Å². The zero-order valence-corrected chi connectivity index (χ0v) is 14.8. The highest BCUT2D eigenvalue weighted by molar-refractivity contribution is 7.13. The van der Waals surface area contributed by atoms with Gasteiger partial charge in [-0.3, -0.25) is 9.78 Å². The molecule has 0 saturated heterocycles. The summed E-state index contributed by atoms with van der Waals surface area (Å²) in [7, 11) is 0. The van der Waals surface area contributed by atoms with Crippen LogP contribution < -0.4 is 0 Å². The largest absolute Gasteiger partial charge is 0.455 e. The minimum atomic E-state index is -0.388. The third-order valence-electron chi connectivity index (χ3n) is 3.22. The molecule has 0 aliphatic rings. The van der Waals surface area contributed by atoms with Gasteiger partial charge in [0, 0.05) is 18.0 Å². The maximum absolute atomic E-state index is 12.0. The lowest BCUT2D eigenvalue weighted by atomic mass is 10.1. The number of nitrogens with zero attached hydrogens (tertiary/aromatic N) is 4. The van der Waals surface area contributed by atoms with Crippen LogP contribution in [0.4, 0.5) is 0 Å². The van der Waals surface area contributed by atoms with Crippen molar-refractivity contribution in [3.63, 3.8) is 0 Å². The molecule has 8 heteroatoms. The Balaban J connectivity index is 1.51. The maximum atomic E-state index is 12.0. The van der Waals surface area contributed by atoms with E-state index < -0.39 is 0 Å². The summed E-state index contributed by atoms with van der Waals surface area (Å²) in [6.07, 6.45) is 2.53. The molecule has 0 aliphatic heterocycles. The van der Waals surface area contributed by atoms with Crippen molar-refractivity contribution in [2.45, 2.75) is 33.3 Å². The van der Waals surface area contributed by atoms with Gasteiger partial charge < -0.3 is 9.26 Å². The fourth-order valence-corrected chi connectivity index (χ4v) is 2.93. The van der Waals surface area contributed by atoms with Gasteiger partial charge in [-0.05, 0) is 18.1 Å². The zero-order chi connectivity index (χ0) is 17.6. The number of aromatic nitrogens is 4. The molecular weight excluding hydrogens is 340 g/mol. The van der Waals surface area contributed by atoms with Crippen LogP contribution in [0.5, 0.6) is 0 Å². The number of hydrogen-bond donors (Lipinski definition) is 0. The van der Waals surface area contributed by atoms with Crippen molar-refractivity contribution in [2.75, 3.05) is 0 Å². The molecule has 0 unspecified atom stereocenters. The maximum Gasteiger partial charge on any atom is 0.312 e. The molecule has 3 aromatic heterocycles. The summed E-state index contributed by atoms with van der Waals surface area (Å²) < 4.78 is 10.2. The molecule has 3 heterocycles. The van der Waals surface area contributed by atoms with Gasteiger partial charge in [0.15, 0.2) is 12.4 Å². The number of carbonyl (C=O) groups is 1. The highest BCUT2D eigenvalue weighted by Crippen LogP contribution is 2.21. The molecule has 0 saturated carbocycles. The average Bonchev–Trinajstić information content (AvgIpc) is 3.23. The standard InChI is InChI=1S/C17H18N4O3S/c1-11(2)7-14-20-15(24-21-14)9-23-16(22)8-12-10-25-17(19-12)13-5-3-4-6-18-13/h3-6,10-11H,7-9H2,1-2H3. The van der Waals surface area contributed by atoms with Gasteiger partial charge in [0.1, 0.15) is 5.01 Å². The molecule has 130 valence electrons. The first-order valence-electron chi connectivity index (χ1n) is 7.93. The predicted octanol–water partition coefficient (Wildman–Crippen LogP) is 3.07. The molecular formula is C17H18N4O3S. The van der Waals surface area contributed by atoms with Gasteiger partial charge >= 0.3 is 5.97 Å². The number of ether oxygens (including phenoxy) is 1. The van der Waals surface area contributed by atoms with Crippen molar-refractivity contribution in [3.8, 4) is 10.7 Å². The summed E-state index contributed by atoms with van der Waals surface area (Å²) in [5.74, 6) is 0.976. The van der Waals surface area contributed by atoms with E-state index in [1.54, 1.807) is 6.20 Å². The van der Waals surface area contributed by atoms with E-state index in [2.05, 4.69) is 34.0 Å². The summed E-state index contributed by atoms with van der Waals surface area (Å²) in [4.78, 5) is 24.8. The van der Waals surface area contributed by atoms with E-state index in [0.717, 1.165) is 17.1 Å². The van der Waals surface area contributed by atoms with Crippen LogP contribution in [0.25, 0.3) is 10.7 Å². The molecule has 0 spiro atoms. The summed E-state index contributed by atoms with van der Waals surface area (Å²) in [6, 6.07) is 5.63. The Morgan fingerprint density at radius 1 is 1.32 bits per heavy atom. The third kappa shape index (κ3) is 4.93. The summed E-state index contributed by atoms with van der Waals surface area (Å²) in [5, 5.41) is 6.47. The SMILES string of the molecule is CC(C)Cc1noc(COC(=O)Cc2csc(-c3ccccn3)n2)n1. The Morgan fingerprint density at radius 2 is 2.20 bits per heavy atom. The molecule has 7 nitrogen and oxygen atoms in total. The molecule has 0 amide bonds. The second-order valence-corrected chi connectivity index (χ2v) is 6.76. The molecule has 3 rings (SSSR count). The van der Waals surface area contributed by atoms with Crippen molar-refractivity contribution in [3.05, 3.63) is 47.2 Å². The predicted molar refractivity (Wildman–Crippen MR) is 91.7 cm³/mol. The summed E-state index contributed by atoms with van der Waals surface area (Å²) >= 11 is 1.45. The van der Waals surface area contributed by atoms with Gasteiger partial charge in [-0.25, -0.2) is 4.98 Å². The van der Waals surface area contributed by atoms with Gasteiger partial charge in [-0.2, -0.15) is 4.98 Å². The summed E-state index contributed by atoms with van der Waals surface area (Å²) in [6.45, 7) is 4.12. The second-order valence-electron chi connectivity index (χ2n) is 5.90. The number of esters is 1. The van der Waals surface area contributed by atoms with Crippen LogP contribution in [0.3, 0.4) is 0 Å². The molecule has 0 atom stereocenters. The monoisotopic (exact) mass is 358 g/mol. The quantitative estimate of drug-likeness (QED) is 0.599. The minimum absolute atomic E-state index is 0.0266. The zero-order valence-electron chi connectivity index (χ0n) is 14.0. The van der Waals surface area contributed by atoms with Gasteiger partial charge in [-0.15, -0.1) is 11.3 Å². The Hall–Kier alpha value is -2.61. The first-order valence-corrected chi connectivity index (χ1v) is 8.81. The number of thiazole rings is 1. The first kappa shape index (κ1) is 17.2. The lowest BCUT2D eigenvalue weighted by molar-refractivity contribution is -0.144. The fourth-order valence-electron chi connectivity index (χ4n) is 2.13. The van der Waals surface area contributed by atoms with Crippen molar-refractivity contribution in [1.29, 1.82) is 0 Å². The Morgan fingerprint density at radius 3 is 2.96 bits per heavy atom. The van der Waals surface area contributed by atoms with Crippen LogP contribution in [0.15, 0.2) is 34.3 Å². The lowest BCUT2D eigenvalue weighted by Crippen LogP contribution is -2.08. The van der Waals surface area contributed by atoms with Gasteiger partial charge in [0.05, 0.1) is 17.8 Å². The highest BCUT2D eigenvalue weighted by atomic mass is 32.1. The second kappa shape index (κ2) is 7.98. The molecule has 0 aliphatic carbocycles. The third-order valence-corrected chi connectivity index (χ3v) is 4.13. The number of carbonyl (C=O) groups excluding carboxylic acids is 1.